The Balaban J connectivity index is 1.41. The number of ether oxygens (including phenoxy) is 1. The van der Waals surface area contributed by atoms with E-state index < -0.39 is 0 Å². The fraction of sp³-hybridized carbons (Fsp3) is 0.176. The van der Waals surface area contributed by atoms with E-state index in [4.69, 9.17) is 4.74 Å². The summed E-state index contributed by atoms with van der Waals surface area (Å²) in [6.45, 7) is 2.70. The van der Waals surface area contributed by atoms with E-state index >= 15 is 0 Å². The molecule has 4 rings (SSSR count). The first kappa shape index (κ1) is 14.1. The first-order valence-electron chi connectivity index (χ1n) is 7.44. The second-order valence-electron chi connectivity index (χ2n) is 5.29. The van der Waals surface area contributed by atoms with Gasteiger partial charge in [0.25, 0.3) is 0 Å². The summed E-state index contributed by atoms with van der Waals surface area (Å²) in [5.74, 6) is 1.78. The molecule has 4 aromatic rings. The van der Waals surface area contributed by atoms with Crippen molar-refractivity contribution in [2.45, 2.75) is 12.1 Å². The fourth-order valence-electron chi connectivity index (χ4n) is 2.49. The van der Waals surface area contributed by atoms with Crippen molar-refractivity contribution in [3.05, 3.63) is 48.3 Å². The molecule has 0 radical (unpaired) electrons. The first-order chi connectivity index (χ1) is 11.3. The minimum Gasteiger partial charge on any atom is -0.492 e. The number of imidazole rings is 2. The minimum atomic E-state index is 0.648. The van der Waals surface area contributed by atoms with Gasteiger partial charge in [0.2, 0.25) is 0 Å². The summed E-state index contributed by atoms with van der Waals surface area (Å²) in [5.41, 5.74) is 5.06. The van der Waals surface area contributed by atoms with Crippen LogP contribution < -0.4 is 4.74 Å². The largest absolute Gasteiger partial charge is 0.492 e. The third kappa shape index (κ3) is 2.90. The predicted molar refractivity (Wildman–Crippen MR) is 93.1 cm³/mol. The van der Waals surface area contributed by atoms with E-state index in [0.717, 1.165) is 44.3 Å². The van der Waals surface area contributed by atoms with Gasteiger partial charge in [-0.05, 0) is 30.7 Å². The van der Waals surface area contributed by atoms with E-state index in [0.29, 0.717) is 6.61 Å². The van der Waals surface area contributed by atoms with Crippen molar-refractivity contribution in [3.8, 4) is 5.75 Å². The molecular formula is C17H16N4OS. The Morgan fingerprint density at radius 1 is 1.13 bits per heavy atom. The van der Waals surface area contributed by atoms with Crippen molar-refractivity contribution >= 4 is 33.8 Å². The summed E-state index contributed by atoms with van der Waals surface area (Å²) >= 11 is 1.66. The van der Waals surface area contributed by atoms with Gasteiger partial charge in [-0.3, -0.25) is 0 Å². The molecule has 23 heavy (non-hydrogen) atoms. The number of para-hydroxylation sites is 1. The Kier molecular flexibility index (Phi) is 3.67. The Labute approximate surface area is 137 Å². The molecule has 0 saturated carbocycles. The van der Waals surface area contributed by atoms with Crippen molar-refractivity contribution in [1.82, 2.24) is 19.9 Å². The lowest BCUT2D eigenvalue weighted by Gasteiger charge is -2.07. The average Bonchev–Trinajstić information content (AvgIpc) is 3.15. The molecule has 0 fully saturated rings. The number of fused-ring (bicyclic) bond motifs is 2. The highest BCUT2D eigenvalue weighted by Gasteiger charge is 2.06. The Morgan fingerprint density at radius 2 is 2.04 bits per heavy atom. The summed E-state index contributed by atoms with van der Waals surface area (Å²) in [6, 6.07) is 12.1. The predicted octanol–water partition coefficient (Wildman–Crippen LogP) is 3.92. The highest BCUT2D eigenvalue weighted by Crippen LogP contribution is 2.23. The summed E-state index contributed by atoms with van der Waals surface area (Å²) in [7, 11) is 0. The molecule has 0 amide bonds. The summed E-state index contributed by atoms with van der Waals surface area (Å²) in [4.78, 5) is 15.3. The zero-order chi connectivity index (χ0) is 15.6. The molecule has 2 aromatic carbocycles. The van der Waals surface area contributed by atoms with E-state index in [1.54, 1.807) is 18.1 Å². The summed E-state index contributed by atoms with van der Waals surface area (Å²) in [6.07, 6.45) is 1.70. The molecule has 0 aliphatic rings. The van der Waals surface area contributed by atoms with Gasteiger partial charge in [0.05, 0.1) is 35.0 Å². The van der Waals surface area contributed by atoms with Crippen molar-refractivity contribution in [3.63, 3.8) is 0 Å². The van der Waals surface area contributed by atoms with Crippen LogP contribution in [-0.2, 0) is 0 Å². The number of benzene rings is 2. The number of hydrogen-bond acceptors (Lipinski definition) is 4. The number of aromatic amines is 2. The van der Waals surface area contributed by atoms with Crippen LogP contribution in [0.15, 0.2) is 47.9 Å². The van der Waals surface area contributed by atoms with Crippen molar-refractivity contribution in [1.29, 1.82) is 0 Å². The number of nitrogens with zero attached hydrogens (tertiary/aromatic N) is 2. The molecular weight excluding hydrogens is 308 g/mol. The van der Waals surface area contributed by atoms with E-state index in [2.05, 4.69) is 32.9 Å². The number of hydrogen-bond donors (Lipinski definition) is 2. The van der Waals surface area contributed by atoms with Crippen LogP contribution in [0.3, 0.4) is 0 Å². The monoisotopic (exact) mass is 324 g/mol. The van der Waals surface area contributed by atoms with Crippen molar-refractivity contribution in [2.24, 2.45) is 0 Å². The van der Waals surface area contributed by atoms with Crippen LogP contribution in [0.1, 0.15) is 5.56 Å². The number of rotatable bonds is 5. The fourth-order valence-corrected chi connectivity index (χ4v) is 3.20. The molecule has 6 heteroatoms. The maximum Gasteiger partial charge on any atom is 0.166 e. The zero-order valence-electron chi connectivity index (χ0n) is 12.7. The van der Waals surface area contributed by atoms with Crippen LogP contribution in [0.25, 0.3) is 22.1 Å². The molecule has 5 nitrogen and oxygen atoms in total. The molecule has 0 saturated heterocycles. The molecule has 116 valence electrons. The molecule has 2 aromatic heterocycles. The lowest BCUT2D eigenvalue weighted by atomic mass is 10.2. The summed E-state index contributed by atoms with van der Waals surface area (Å²) < 4.78 is 5.81. The summed E-state index contributed by atoms with van der Waals surface area (Å²) in [5, 5.41) is 0.904. The van der Waals surface area contributed by atoms with Gasteiger partial charge >= 0.3 is 0 Å². The van der Waals surface area contributed by atoms with Crippen molar-refractivity contribution < 1.29 is 4.74 Å². The number of aromatic nitrogens is 4. The third-order valence-corrected chi connectivity index (χ3v) is 4.51. The van der Waals surface area contributed by atoms with Gasteiger partial charge < -0.3 is 14.7 Å². The smallest absolute Gasteiger partial charge is 0.166 e. The lowest BCUT2D eigenvalue weighted by molar-refractivity contribution is 0.341. The number of thioether (sulfide) groups is 1. The molecule has 0 unspecified atom stereocenters. The lowest BCUT2D eigenvalue weighted by Crippen LogP contribution is -2.01. The molecule has 2 heterocycles. The number of H-pyrrole nitrogens is 2. The molecule has 0 bridgehead atoms. The van der Waals surface area contributed by atoms with Gasteiger partial charge in [0.1, 0.15) is 5.75 Å². The van der Waals surface area contributed by atoms with Crippen LogP contribution in [0.4, 0.5) is 0 Å². The third-order valence-electron chi connectivity index (χ3n) is 3.67. The number of nitrogens with one attached hydrogen (secondary N) is 2. The first-order valence-corrected chi connectivity index (χ1v) is 8.42. The zero-order valence-corrected chi connectivity index (χ0v) is 13.5. The van der Waals surface area contributed by atoms with Gasteiger partial charge in [-0.1, -0.05) is 30.0 Å². The normalized spacial score (nSPS) is 11.3. The van der Waals surface area contributed by atoms with Gasteiger partial charge in [-0.25, -0.2) is 9.97 Å². The second kappa shape index (κ2) is 5.96. The topological polar surface area (TPSA) is 66.6 Å². The van der Waals surface area contributed by atoms with E-state index in [9.17, 15) is 0 Å². The second-order valence-corrected chi connectivity index (χ2v) is 6.38. The van der Waals surface area contributed by atoms with Gasteiger partial charge in [-0.2, -0.15) is 0 Å². The van der Waals surface area contributed by atoms with Gasteiger partial charge in [0, 0.05) is 5.75 Å². The van der Waals surface area contributed by atoms with Crippen LogP contribution in [0.5, 0.6) is 5.75 Å². The van der Waals surface area contributed by atoms with Crippen molar-refractivity contribution in [2.75, 3.05) is 12.4 Å². The molecule has 0 aliphatic carbocycles. The van der Waals surface area contributed by atoms with E-state index in [-0.39, 0.29) is 0 Å². The van der Waals surface area contributed by atoms with Crippen LogP contribution in [0.2, 0.25) is 0 Å². The molecule has 0 aliphatic heterocycles. The van der Waals surface area contributed by atoms with Crippen LogP contribution >= 0.6 is 11.8 Å². The minimum absolute atomic E-state index is 0.648. The highest BCUT2D eigenvalue weighted by molar-refractivity contribution is 7.99. The van der Waals surface area contributed by atoms with E-state index in [1.807, 2.05) is 30.3 Å². The Morgan fingerprint density at radius 3 is 2.96 bits per heavy atom. The van der Waals surface area contributed by atoms with E-state index in [1.165, 1.54) is 0 Å². The SMILES string of the molecule is Cc1ccccc1OCCSc1nc2cc3nc[nH]c3cc2[nH]1. The number of aryl methyl sites for hydroxylation is 1. The molecule has 0 atom stereocenters. The van der Waals surface area contributed by atoms with Gasteiger partial charge in [0.15, 0.2) is 5.16 Å². The molecule has 0 spiro atoms. The van der Waals surface area contributed by atoms with Crippen LogP contribution in [0, 0.1) is 6.92 Å². The quantitative estimate of drug-likeness (QED) is 0.431. The van der Waals surface area contributed by atoms with Gasteiger partial charge in [-0.15, -0.1) is 0 Å². The maximum absolute atomic E-state index is 5.81. The maximum atomic E-state index is 5.81. The highest BCUT2D eigenvalue weighted by atomic mass is 32.2. The average molecular weight is 324 g/mol. The standard InChI is InChI=1S/C17H16N4OS/c1-11-4-2-3-5-16(11)22-6-7-23-17-20-14-8-12-13(19-10-18-12)9-15(14)21-17/h2-5,8-10H,6-7H2,1H3,(H,18,19)(H,20,21). The Bertz CT molecular complexity index is 911. The van der Waals surface area contributed by atoms with Crippen LogP contribution in [-0.4, -0.2) is 32.3 Å². The molecule has 2 N–H and O–H groups in total. The Hall–Kier alpha value is -2.47.